The number of methoxy groups -OCH3 is 3. The largest absolute Gasteiger partial charge is 0.493 e. The molecular formula is C19H20BrNO6S. The Morgan fingerprint density at radius 2 is 1.82 bits per heavy atom. The third-order valence-electron chi connectivity index (χ3n) is 3.74. The number of hydrogen-bond donors (Lipinski definition) is 1. The molecule has 0 heterocycles. The Balaban J connectivity index is 2.56. The fraction of sp³-hybridized carbons (Fsp3) is 0.211. The maximum atomic E-state index is 13.0. The predicted octanol–water partition coefficient (Wildman–Crippen LogP) is 3.76. The van der Waals surface area contributed by atoms with Crippen LogP contribution >= 0.6 is 15.9 Å². The van der Waals surface area contributed by atoms with Gasteiger partial charge in [0, 0.05) is 10.5 Å². The minimum Gasteiger partial charge on any atom is -0.493 e. The van der Waals surface area contributed by atoms with Crippen molar-refractivity contribution in [1.29, 1.82) is 0 Å². The Morgan fingerprint density at radius 1 is 1.11 bits per heavy atom. The van der Waals surface area contributed by atoms with E-state index in [1.54, 1.807) is 24.3 Å². The Hall–Kier alpha value is -2.52. The average Bonchev–Trinajstić information content (AvgIpc) is 2.67. The van der Waals surface area contributed by atoms with Crippen molar-refractivity contribution in [2.24, 2.45) is 0 Å². The number of nitrogens with one attached hydrogen (secondary N) is 1. The Kier molecular flexibility index (Phi) is 7.09. The van der Waals surface area contributed by atoms with Crippen molar-refractivity contribution in [2.45, 2.75) is 11.8 Å². The molecule has 0 saturated heterocycles. The topological polar surface area (TPSA) is 90.9 Å². The summed E-state index contributed by atoms with van der Waals surface area (Å²) in [4.78, 5) is 11.2. The van der Waals surface area contributed by atoms with Crippen LogP contribution in [0.3, 0.4) is 0 Å². The van der Waals surface area contributed by atoms with Crippen molar-refractivity contribution in [3.05, 3.63) is 52.0 Å². The van der Waals surface area contributed by atoms with Crippen molar-refractivity contribution in [2.75, 3.05) is 26.1 Å². The van der Waals surface area contributed by atoms with Crippen LogP contribution in [0.2, 0.25) is 0 Å². The van der Waals surface area contributed by atoms with Crippen LogP contribution in [0.15, 0.2) is 45.8 Å². The molecule has 0 aromatic heterocycles. The minimum absolute atomic E-state index is 0.0495. The number of benzene rings is 2. The van der Waals surface area contributed by atoms with Gasteiger partial charge in [-0.3, -0.25) is 4.72 Å². The Morgan fingerprint density at radius 3 is 2.39 bits per heavy atom. The number of aryl methyl sites for hydroxylation is 1. The van der Waals surface area contributed by atoms with E-state index >= 15 is 0 Å². The molecule has 0 atom stereocenters. The second-order valence-electron chi connectivity index (χ2n) is 5.70. The fourth-order valence-corrected chi connectivity index (χ4v) is 4.40. The first kappa shape index (κ1) is 21.8. The van der Waals surface area contributed by atoms with Gasteiger partial charge >= 0.3 is 5.97 Å². The number of halogens is 1. The van der Waals surface area contributed by atoms with Crippen LogP contribution in [0.25, 0.3) is 6.08 Å². The lowest BCUT2D eigenvalue weighted by Crippen LogP contribution is -2.15. The molecule has 0 aliphatic carbocycles. The van der Waals surface area contributed by atoms with Gasteiger partial charge in [0.2, 0.25) is 0 Å². The lowest BCUT2D eigenvalue weighted by molar-refractivity contribution is -0.134. The second kappa shape index (κ2) is 9.11. The third-order valence-corrected chi connectivity index (χ3v) is 5.77. The molecule has 1 N–H and O–H groups in total. The quantitative estimate of drug-likeness (QED) is 0.490. The van der Waals surface area contributed by atoms with Gasteiger partial charge in [-0.25, -0.2) is 13.2 Å². The monoisotopic (exact) mass is 469 g/mol. The molecule has 0 aliphatic heterocycles. The van der Waals surface area contributed by atoms with Crippen molar-refractivity contribution in [1.82, 2.24) is 0 Å². The lowest BCUT2D eigenvalue weighted by atomic mass is 10.2. The smallest absolute Gasteiger partial charge is 0.330 e. The van der Waals surface area contributed by atoms with Gasteiger partial charge in [-0.2, -0.15) is 0 Å². The lowest BCUT2D eigenvalue weighted by Gasteiger charge is -2.16. The summed E-state index contributed by atoms with van der Waals surface area (Å²) in [5.74, 6) is -0.313. The van der Waals surface area contributed by atoms with Crippen molar-refractivity contribution < 1.29 is 27.4 Å². The van der Waals surface area contributed by atoms with Gasteiger partial charge in [-0.15, -0.1) is 0 Å². The maximum Gasteiger partial charge on any atom is 0.330 e. The Bertz CT molecular complexity index is 1020. The third kappa shape index (κ3) is 5.05. The van der Waals surface area contributed by atoms with Crippen molar-refractivity contribution in [3.63, 3.8) is 0 Å². The summed E-state index contributed by atoms with van der Waals surface area (Å²) in [5.41, 5.74) is 1.78. The number of carbonyl (C=O) groups is 1. The van der Waals surface area contributed by atoms with Crippen LogP contribution in [0.1, 0.15) is 11.1 Å². The highest BCUT2D eigenvalue weighted by atomic mass is 79.9. The highest BCUT2D eigenvalue weighted by molar-refractivity contribution is 9.10. The van der Waals surface area contributed by atoms with Crippen molar-refractivity contribution in [3.8, 4) is 11.5 Å². The molecule has 9 heteroatoms. The van der Waals surface area contributed by atoms with Gasteiger partial charge in [-0.05, 0) is 64.3 Å². The number of rotatable bonds is 7. The molecule has 0 saturated carbocycles. The molecule has 0 spiro atoms. The molecule has 2 aromatic rings. The predicted molar refractivity (Wildman–Crippen MR) is 110 cm³/mol. The zero-order valence-electron chi connectivity index (χ0n) is 15.8. The normalized spacial score (nSPS) is 11.3. The van der Waals surface area contributed by atoms with E-state index in [1.165, 1.54) is 39.5 Å². The van der Waals surface area contributed by atoms with E-state index in [0.29, 0.717) is 15.7 Å². The molecule has 0 aliphatic rings. The molecule has 7 nitrogen and oxygen atoms in total. The molecule has 28 heavy (non-hydrogen) atoms. The summed E-state index contributed by atoms with van der Waals surface area (Å²) in [6, 6.07) is 8.17. The van der Waals surface area contributed by atoms with Gasteiger partial charge in [0.1, 0.15) is 4.90 Å². The molecule has 2 aromatic carbocycles. The number of anilines is 1. The van der Waals surface area contributed by atoms with Gasteiger partial charge in [-0.1, -0.05) is 6.07 Å². The van der Waals surface area contributed by atoms with Crippen LogP contribution in [0.4, 0.5) is 5.69 Å². The minimum atomic E-state index is -4.03. The summed E-state index contributed by atoms with van der Waals surface area (Å²) < 4.78 is 44.3. The summed E-state index contributed by atoms with van der Waals surface area (Å²) in [6.07, 6.45) is 2.61. The molecule has 0 fully saturated rings. The molecule has 0 amide bonds. The number of ether oxygens (including phenoxy) is 3. The van der Waals surface area contributed by atoms with Gasteiger partial charge in [0.05, 0.1) is 27.0 Å². The van der Waals surface area contributed by atoms with E-state index in [-0.39, 0.29) is 16.4 Å². The van der Waals surface area contributed by atoms with Gasteiger partial charge < -0.3 is 14.2 Å². The number of hydrogen-bond acceptors (Lipinski definition) is 6. The Labute approximate surface area is 172 Å². The SMILES string of the molecule is COC(=O)/C=C/c1cc(OC)c(OC)c(S(=O)(=O)Nc2ccc(C)cc2Br)c1. The zero-order chi connectivity index (χ0) is 20.9. The van der Waals surface area contributed by atoms with Crippen molar-refractivity contribution >= 4 is 43.7 Å². The summed E-state index contributed by atoms with van der Waals surface area (Å²) in [6.45, 7) is 1.90. The van der Waals surface area contributed by atoms with E-state index in [2.05, 4.69) is 25.4 Å². The summed E-state index contributed by atoms with van der Waals surface area (Å²) >= 11 is 3.35. The van der Waals surface area contributed by atoms with Crippen LogP contribution in [0, 0.1) is 6.92 Å². The number of carbonyl (C=O) groups excluding carboxylic acids is 1. The molecule has 0 unspecified atom stereocenters. The molecule has 0 radical (unpaired) electrons. The van der Waals surface area contributed by atoms with Crippen LogP contribution in [-0.4, -0.2) is 35.7 Å². The number of esters is 1. The van der Waals surface area contributed by atoms with E-state index in [0.717, 1.165) is 5.56 Å². The zero-order valence-corrected chi connectivity index (χ0v) is 18.2. The van der Waals surface area contributed by atoms with Crippen LogP contribution in [0.5, 0.6) is 11.5 Å². The first-order valence-electron chi connectivity index (χ1n) is 8.03. The van der Waals surface area contributed by atoms with E-state index in [1.807, 2.05) is 6.92 Å². The standard InChI is InChI=1S/C19H20BrNO6S/c1-12-5-7-15(14(20)9-12)21-28(23,24)17-11-13(6-8-18(22)26-3)10-16(25-2)19(17)27-4/h5-11,21H,1-4H3/b8-6+. The van der Waals surface area contributed by atoms with E-state index < -0.39 is 16.0 Å². The highest BCUT2D eigenvalue weighted by Gasteiger charge is 2.24. The molecule has 2 rings (SSSR count). The number of sulfonamides is 1. The molecule has 150 valence electrons. The first-order valence-corrected chi connectivity index (χ1v) is 10.3. The van der Waals surface area contributed by atoms with E-state index in [9.17, 15) is 13.2 Å². The highest BCUT2D eigenvalue weighted by Crippen LogP contribution is 2.37. The van der Waals surface area contributed by atoms with Gasteiger partial charge in [0.25, 0.3) is 10.0 Å². The van der Waals surface area contributed by atoms with Crippen LogP contribution < -0.4 is 14.2 Å². The van der Waals surface area contributed by atoms with E-state index in [4.69, 9.17) is 9.47 Å². The maximum absolute atomic E-state index is 13.0. The summed E-state index contributed by atoms with van der Waals surface area (Å²) in [7, 11) is -0.0305. The average molecular weight is 470 g/mol. The molecule has 0 bridgehead atoms. The molecular weight excluding hydrogens is 450 g/mol. The fourth-order valence-electron chi connectivity index (χ4n) is 2.38. The second-order valence-corrected chi connectivity index (χ2v) is 8.21. The van der Waals surface area contributed by atoms with Crippen LogP contribution in [-0.2, 0) is 19.6 Å². The van der Waals surface area contributed by atoms with Gasteiger partial charge in [0.15, 0.2) is 11.5 Å². The first-order chi connectivity index (χ1) is 13.2. The summed E-state index contributed by atoms with van der Waals surface area (Å²) in [5, 5.41) is 0.